The van der Waals surface area contributed by atoms with Gasteiger partial charge in [0.1, 0.15) is 5.75 Å². The highest BCUT2D eigenvalue weighted by Crippen LogP contribution is 2.07. The van der Waals surface area contributed by atoms with Crippen LogP contribution in [-0.4, -0.2) is 25.1 Å². The third-order valence-electron chi connectivity index (χ3n) is 2.21. The maximum atomic E-state index is 10.7. The van der Waals surface area contributed by atoms with Gasteiger partial charge in [0, 0.05) is 0 Å². The van der Waals surface area contributed by atoms with Gasteiger partial charge in [-0.2, -0.15) is 0 Å². The van der Waals surface area contributed by atoms with Crippen molar-refractivity contribution in [3.63, 3.8) is 0 Å². The Hall–Kier alpha value is -1.55. The highest BCUT2D eigenvalue weighted by Gasteiger charge is 2.05. The van der Waals surface area contributed by atoms with E-state index in [0.29, 0.717) is 6.61 Å². The summed E-state index contributed by atoms with van der Waals surface area (Å²) in [6.07, 6.45) is 0.840. The second-order valence-corrected chi connectivity index (χ2v) is 3.59. The van der Waals surface area contributed by atoms with Gasteiger partial charge < -0.3 is 15.8 Å². The van der Waals surface area contributed by atoms with Crippen molar-refractivity contribution < 1.29 is 9.53 Å². The van der Waals surface area contributed by atoms with Crippen molar-refractivity contribution in [1.29, 1.82) is 0 Å². The number of amides is 1. The molecule has 0 radical (unpaired) electrons. The van der Waals surface area contributed by atoms with E-state index in [1.807, 2.05) is 30.3 Å². The van der Waals surface area contributed by atoms with E-state index in [4.69, 9.17) is 10.5 Å². The molecular weight excluding hydrogens is 204 g/mol. The van der Waals surface area contributed by atoms with Crippen LogP contribution in [0, 0.1) is 0 Å². The minimum atomic E-state index is -0.330. The summed E-state index contributed by atoms with van der Waals surface area (Å²) in [6.45, 7) is 3.10. The van der Waals surface area contributed by atoms with Crippen LogP contribution in [0.4, 0.5) is 0 Å². The molecule has 0 saturated heterocycles. The fraction of sp³-hybridized carbons (Fsp3) is 0.417. The van der Waals surface area contributed by atoms with Crippen molar-refractivity contribution in [2.75, 3.05) is 13.2 Å². The third-order valence-corrected chi connectivity index (χ3v) is 2.21. The van der Waals surface area contributed by atoms with Crippen molar-refractivity contribution in [1.82, 2.24) is 5.32 Å². The Balaban J connectivity index is 2.07. The summed E-state index contributed by atoms with van der Waals surface area (Å²) >= 11 is 0. The maximum Gasteiger partial charge on any atom is 0.234 e. The van der Waals surface area contributed by atoms with Crippen LogP contribution in [0.2, 0.25) is 0 Å². The number of nitrogens with one attached hydrogen (secondary N) is 1. The number of rotatable bonds is 7. The molecule has 0 aliphatic heterocycles. The molecule has 1 aromatic rings. The van der Waals surface area contributed by atoms with Crippen LogP contribution in [0.25, 0.3) is 0 Å². The normalized spacial score (nSPS) is 12.1. The number of primary amides is 1. The molecule has 0 spiro atoms. The molecule has 1 unspecified atom stereocenters. The van der Waals surface area contributed by atoms with Crippen LogP contribution in [0.5, 0.6) is 5.75 Å². The van der Waals surface area contributed by atoms with Gasteiger partial charge in [-0.25, -0.2) is 0 Å². The Morgan fingerprint density at radius 3 is 2.75 bits per heavy atom. The summed E-state index contributed by atoms with van der Waals surface area (Å²) in [5, 5.41) is 3.01. The van der Waals surface area contributed by atoms with Crippen LogP contribution in [0.15, 0.2) is 30.3 Å². The zero-order chi connectivity index (χ0) is 11.8. The van der Waals surface area contributed by atoms with Gasteiger partial charge in [-0.05, 0) is 32.0 Å². The number of hydrogen-bond donors (Lipinski definition) is 2. The first kappa shape index (κ1) is 12.5. The van der Waals surface area contributed by atoms with Crippen molar-refractivity contribution >= 4 is 5.91 Å². The number of hydrogen-bond acceptors (Lipinski definition) is 3. The molecule has 1 amide bonds. The number of carbonyl (C=O) groups is 1. The lowest BCUT2D eigenvalue weighted by atomic mass is 10.3. The van der Waals surface area contributed by atoms with E-state index in [1.165, 1.54) is 0 Å². The zero-order valence-corrected chi connectivity index (χ0v) is 9.48. The molecule has 3 N–H and O–H groups in total. The Bertz CT molecular complexity index is 314. The number of ether oxygens (including phenoxy) is 1. The van der Waals surface area contributed by atoms with E-state index in [-0.39, 0.29) is 11.9 Å². The van der Waals surface area contributed by atoms with Crippen molar-refractivity contribution in [3.8, 4) is 5.75 Å². The van der Waals surface area contributed by atoms with E-state index in [9.17, 15) is 4.79 Å². The van der Waals surface area contributed by atoms with Gasteiger partial charge in [-0.15, -0.1) is 0 Å². The van der Waals surface area contributed by atoms with E-state index in [2.05, 4.69) is 5.32 Å². The first-order valence-corrected chi connectivity index (χ1v) is 5.40. The maximum absolute atomic E-state index is 10.7. The van der Waals surface area contributed by atoms with Gasteiger partial charge in [-0.3, -0.25) is 4.79 Å². The Labute approximate surface area is 95.8 Å². The molecule has 4 nitrogen and oxygen atoms in total. The van der Waals surface area contributed by atoms with E-state index in [0.717, 1.165) is 18.7 Å². The van der Waals surface area contributed by atoms with Crippen LogP contribution >= 0.6 is 0 Å². The second-order valence-electron chi connectivity index (χ2n) is 3.59. The highest BCUT2D eigenvalue weighted by molar-refractivity contribution is 5.79. The molecule has 0 aromatic heterocycles. The number of para-hydroxylation sites is 1. The Morgan fingerprint density at radius 1 is 1.44 bits per heavy atom. The Kier molecular flexibility index (Phi) is 5.36. The lowest BCUT2D eigenvalue weighted by Gasteiger charge is -2.10. The molecule has 0 fully saturated rings. The fourth-order valence-corrected chi connectivity index (χ4v) is 1.20. The summed E-state index contributed by atoms with van der Waals surface area (Å²) in [5.74, 6) is 0.537. The molecule has 1 aromatic carbocycles. The summed E-state index contributed by atoms with van der Waals surface area (Å²) < 4.78 is 5.49. The number of benzene rings is 1. The lowest BCUT2D eigenvalue weighted by Crippen LogP contribution is -2.39. The average molecular weight is 222 g/mol. The van der Waals surface area contributed by atoms with Gasteiger partial charge in [0.15, 0.2) is 0 Å². The molecule has 0 bridgehead atoms. The summed E-state index contributed by atoms with van der Waals surface area (Å²) in [4.78, 5) is 10.7. The minimum absolute atomic E-state index is 0.281. The third kappa shape index (κ3) is 4.79. The molecule has 1 rings (SSSR count). The first-order chi connectivity index (χ1) is 7.70. The van der Waals surface area contributed by atoms with Crippen LogP contribution in [0.1, 0.15) is 13.3 Å². The highest BCUT2D eigenvalue weighted by atomic mass is 16.5. The molecule has 0 aliphatic rings. The molecule has 0 saturated carbocycles. The molecule has 16 heavy (non-hydrogen) atoms. The smallest absolute Gasteiger partial charge is 0.234 e. The summed E-state index contributed by atoms with van der Waals surface area (Å²) in [6, 6.07) is 9.37. The average Bonchev–Trinajstić information content (AvgIpc) is 2.29. The van der Waals surface area contributed by atoms with E-state index in [1.54, 1.807) is 6.92 Å². The second kappa shape index (κ2) is 6.85. The van der Waals surface area contributed by atoms with Gasteiger partial charge in [0.05, 0.1) is 12.6 Å². The van der Waals surface area contributed by atoms with Crippen molar-refractivity contribution in [2.24, 2.45) is 5.73 Å². The van der Waals surface area contributed by atoms with Gasteiger partial charge >= 0.3 is 0 Å². The largest absolute Gasteiger partial charge is 0.494 e. The quantitative estimate of drug-likeness (QED) is 0.674. The summed E-state index contributed by atoms with van der Waals surface area (Å²) in [5.41, 5.74) is 5.11. The monoisotopic (exact) mass is 222 g/mol. The van der Waals surface area contributed by atoms with Crippen LogP contribution in [-0.2, 0) is 4.79 Å². The molecule has 88 valence electrons. The van der Waals surface area contributed by atoms with Crippen LogP contribution < -0.4 is 15.8 Å². The number of nitrogens with two attached hydrogens (primary N) is 1. The van der Waals surface area contributed by atoms with Crippen molar-refractivity contribution in [2.45, 2.75) is 19.4 Å². The predicted octanol–water partition coefficient (Wildman–Crippen LogP) is 0.919. The first-order valence-electron chi connectivity index (χ1n) is 5.40. The molecule has 1 atom stereocenters. The lowest BCUT2D eigenvalue weighted by molar-refractivity contribution is -0.119. The predicted molar refractivity (Wildman–Crippen MR) is 63.2 cm³/mol. The van der Waals surface area contributed by atoms with E-state index < -0.39 is 0 Å². The fourth-order valence-electron chi connectivity index (χ4n) is 1.20. The molecule has 0 aliphatic carbocycles. The van der Waals surface area contributed by atoms with Crippen LogP contribution in [0.3, 0.4) is 0 Å². The van der Waals surface area contributed by atoms with Crippen molar-refractivity contribution in [3.05, 3.63) is 30.3 Å². The standard InChI is InChI=1S/C12H18N2O2/c1-10(12(13)15)14-8-5-9-16-11-6-3-2-4-7-11/h2-4,6-7,10,14H,5,8-9H2,1H3,(H2,13,15). The van der Waals surface area contributed by atoms with Gasteiger partial charge in [0.2, 0.25) is 5.91 Å². The molecular formula is C12H18N2O2. The Morgan fingerprint density at radius 2 is 2.12 bits per heavy atom. The van der Waals surface area contributed by atoms with Gasteiger partial charge in [0.25, 0.3) is 0 Å². The van der Waals surface area contributed by atoms with E-state index >= 15 is 0 Å². The summed E-state index contributed by atoms with van der Waals surface area (Å²) in [7, 11) is 0. The van der Waals surface area contributed by atoms with Gasteiger partial charge in [-0.1, -0.05) is 18.2 Å². The topological polar surface area (TPSA) is 64.3 Å². The molecule has 4 heteroatoms. The zero-order valence-electron chi connectivity index (χ0n) is 9.48. The number of carbonyl (C=O) groups excluding carboxylic acids is 1. The molecule has 0 heterocycles. The SMILES string of the molecule is CC(NCCCOc1ccccc1)C(N)=O. The minimum Gasteiger partial charge on any atom is -0.494 e.